The van der Waals surface area contributed by atoms with Crippen molar-refractivity contribution >= 4 is 0 Å². The lowest BCUT2D eigenvalue weighted by atomic mass is 10.1. The van der Waals surface area contributed by atoms with Gasteiger partial charge in [-0.3, -0.25) is 0 Å². The second-order valence-corrected chi connectivity index (χ2v) is 4.53. The summed E-state index contributed by atoms with van der Waals surface area (Å²) in [5.74, 6) is 0. The van der Waals surface area contributed by atoms with Gasteiger partial charge >= 0.3 is 0 Å². The number of hydrogen-bond acceptors (Lipinski definition) is 3. The Labute approximate surface area is 103 Å². The third-order valence-corrected chi connectivity index (χ3v) is 3.32. The van der Waals surface area contributed by atoms with Gasteiger partial charge in [-0.1, -0.05) is 24.3 Å². The highest BCUT2D eigenvalue weighted by molar-refractivity contribution is 5.37. The Hall–Kier alpha value is -0.900. The zero-order valence-electron chi connectivity index (χ0n) is 10.5. The molecule has 3 heteroatoms. The summed E-state index contributed by atoms with van der Waals surface area (Å²) >= 11 is 0. The third kappa shape index (κ3) is 3.06. The largest absolute Gasteiger partial charge is 0.382 e. The summed E-state index contributed by atoms with van der Waals surface area (Å²) in [4.78, 5) is 0. The van der Waals surface area contributed by atoms with E-state index in [1.807, 2.05) is 6.92 Å². The quantitative estimate of drug-likeness (QED) is 0.741. The molecule has 0 saturated carbocycles. The second-order valence-electron chi connectivity index (χ2n) is 4.53. The van der Waals surface area contributed by atoms with Crippen LogP contribution in [-0.2, 0) is 4.74 Å². The number of nitrogens with two attached hydrogens (primary N) is 1. The van der Waals surface area contributed by atoms with Crippen molar-refractivity contribution in [1.29, 1.82) is 0 Å². The highest BCUT2D eigenvalue weighted by Crippen LogP contribution is 2.36. The smallest absolute Gasteiger partial charge is 0.0477 e. The second kappa shape index (κ2) is 6.15. The SMILES string of the molecule is CCOCCCNC1CC(N)c2ccccc21. The van der Waals surface area contributed by atoms with E-state index in [1.54, 1.807) is 0 Å². The van der Waals surface area contributed by atoms with Gasteiger partial charge in [0.05, 0.1) is 0 Å². The Morgan fingerprint density at radius 2 is 2.12 bits per heavy atom. The van der Waals surface area contributed by atoms with E-state index >= 15 is 0 Å². The van der Waals surface area contributed by atoms with E-state index in [-0.39, 0.29) is 6.04 Å². The number of rotatable bonds is 6. The number of fused-ring (bicyclic) bond motifs is 1. The van der Waals surface area contributed by atoms with Crippen LogP contribution in [0.15, 0.2) is 24.3 Å². The predicted molar refractivity (Wildman–Crippen MR) is 69.8 cm³/mol. The molecule has 94 valence electrons. The van der Waals surface area contributed by atoms with E-state index in [4.69, 9.17) is 10.5 Å². The van der Waals surface area contributed by atoms with E-state index < -0.39 is 0 Å². The lowest BCUT2D eigenvalue weighted by molar-refractivity contribution is 0.144. The number of hydrogen-bond donors (Lipinski definition) is 2. The summed E-state index contributed by atoms with van der Waals surface area (Å²) in [5.41, 5.74) is 8.80. The molecule has 1 aromatic rings. The van der Waals surface area contributed by atoms with Crippen LogP contribution < -0.4 is 11.1 Å². The maximum absolute atomic E-state index is 6.12. The number of benzene rings is 1. The van der Waals surface area contributed by atoms with Crippen LogP contribution in [0.25, 0.3) is 0 Å². The molecule has 0 heterocycles. The monoisotopic (exact) mass is 234 g/mol. The van der Waals surface area contributed by atoms with Gasteiger partial charge < -0.3 is 15.8 Å². The van der Waals surface area contributed by atoms with E-state index in [0.717, 1.165) is 32.6 Å². The van der Waals surface area contributed by atoms with Crippen molar-refractivity contribution in [2.24, 2.45) is 5.73 Å². The molecule has 0 spiro atoms. The van der Waals surface area contributed by atoms with Crippen LogP contribution in [0.3, 0.4) is 0 Å². The zero-order valence-corrected chi connectivity index (χ0v) is 10.5. The molecule has 17 heavy (non-hydrogen) atoms. The van der Waals surface area contributed by atoms with Crippen molar-refractivity contribution in [3.05, 3.63) is 35.4 Å². The Morgan fingerprint density at radius 3 is 2.88 bits per heavy atom. The van der Waals surface area contributed by atoms with Crippen LogP contribution in [0.1, 0.15) is 43.0 Å². The van der Waals surface area contributed by atoms with Crippen molar-refractivity contribution in [3.63, 3.8) is 0 Å². The minimum Gasteiger partial charge on any atom is -0.382 e. The van der Waals surface area contributed by atoms with Crippen LogP contribution in [0, 0.1) is 0 Å². The van der Waals surface area contributed by atoms with Crippen molar-refractivity contribution in [1.82, 2.24) is 5.32 Å². The fourth-order valence-electron chi connectivity index (χ4n) is 2.46. The molecule has 2 atom stereocenters. The molecule has 1 aliphatic rings. The van der Waals surface area contributed by atoms with Crippen molar-refractivity contribution in [3.8, 4) is 0 Å². The van der Waals surface area contributed by atoms with Crippen molar-refractivity contribution in [2.75, 3.05) is 19.8 Å². The van der Waals surface area contributed by atoms with Gasteiger partial charge in [-0.2, -0.15) is 0 Å². The van der Waals surface area contributed by atoms with Gasteiger partial charge in [0.25, 0.3) is 0 Å². The van der Waals surface area contributed by atoms with Gasteiger partial charge in [0.15, 0.2) is 0 Å². The van der Waals surface area contributed by atoms with E-state index in [2.05, 4.69) is 29.6 Å². The van der Waals surface area contributed by atoms with Gasteiger partial charge in [0.1, 0.15) is 0 Å². The normalized spacial score (nSPS) is 22.7. The average Bonchev–Trinajstić information content (AvgIpc) is 2.67. The molecule has 0 radical (unpaired) electrons. The fraction of sp³-hybridized carbons (Fsp3) is 0.571. The van der Waals surface area contributed by atoms with E-state index in [1.165, 1.54) is 11.1 Å². The highest BCUT2D eigenvalue weighted by atomic mass is 16.5. The molecule has 2 unspecified atom stereocenters. The molecule has 0 saturated heterocycles. The first-order valence-electron chi connectivity index (χ1n) is 6.48. The maximum atomic E-state index is 6.12. The minimum atomic E-state index is 0.190. The summed E-state index contributed by atoms with van der Waals surface area (Å²) in [6.45, 7) is 4.66. The Morgan fingerprint density at radius 1 is 1.35 bits per heavy atom. The Kier molecular flexibility index (Phi) is 4.54. The summed E-state index contributed by atoms with van der Waals surface area (Å²) in [5, 5.41) is 3.57. The van der Waals surface area contributed by atoms with Crippen LogP contribution in [-0.4, -0.2) is 19.8 Å². The van der Waals surface area contributed by atoms with Gasteiger partial charge in [-0.15, -0.1) is 0 Å². The summed E-state index contributed by atoms with van der Waals surface area (Å²) in [6, 6.07) is 9.09. The van der Waals surface area contributed by atoms with Crippen LogP contribution >= 0.6 is 0 Å². The first-order chi connectivity index (χ1) is 8.33. The van der Waals surface area contributed by atoms with Crippen LogP contribution in [0.5, 0.6) is 0 Å². The molecule has 3 nitrogen and oxygen atoms in total. The molecule has 1 aromatic carbocycles. The molecular formula is C14H22N2O. The average molecular weight is 234 g/mol. The maximum Gasteiger partial charge on any atom is 0.0477 e. The molecule has 0 fully saturated rings. The van der Waals surface area contributed by atoms with Crippen LogP contribution in [0.2, 0.25) is 0 Å². The molecule has 0 bridgehead atoms. The highest BCUT2D eigenvalue weighted by Gasteiger charge is 2.27. The van der Waals surface area contributed by atoms with Gasteiger partial charge in [0, 0.05) is 25.3 Å². The molecule has 0 aliphatic heterocycles. The van der Waals surface area contributed by atoms with Gasteiger partial charge in [-0.25, -0.2) is 0 Å². The third-order valence-electron chi connectivity index (χ3n) is 3.32. The Balaban J connectivity index is 1.83. The van der Waals surface area contributed by atoms with E-state index in [0.29, 0.717) is 6.04 Å². The van der Waals surface area contributed by atoms with Crippen LogP contribution in [0.4, 0.5) is 0 Å². The van der Waals surface area contributed by atoms with Gasteiger partial charge in [-0.05, 0) is 37.4 Å². The number of ether oxygens (including phenoxy) is 1. The summed E-state index contributed by atoms with van der Waals surface area (Å²) < 4.78 is 5.32. The lowest BCUT2D eigenvalue weighted by Gasteiger charge is -2.13. The molecule has 3 N–H and O–H groups in total. The Bertz CT molecular complexity index is 354. The summed E-state index contributed by atoms with van der Waals surface area (Å²) in [7, 11) is 0. The standard InChI is InChI=1S/C14H22N2O/c1-2-17-9-5-8-16-14-10-13(15)11-6-3-4-7-12(11)14/h3-4,6-7,13-14,16H,2,5,8-10,15H2,1H3. The van der Waals surface area contributed by atoms with Crippen molar-refractivity contribution in [2.45, 2.75) is 31.8 Å². The van der Waals surface area contributed by atoms with Gasteiger partial charge in [0.2, 0.25) is 0 Å². The first kappa shape index (κ1) is 12.6. The zero-order chi connectivity index (χ0) is 12.1. The minimum absolute atomic E-state index is 0.190. The molecule has 1 aliphatic carbocycles. The van der Waals surface area contributed by atoms with Crippen molar-refractivity contribution < 1.29 is 4.74 Å². The lowest BCUT2D eigenvalue weighted by Crippen LogP contribution is -2.22. The fourth-order valence-corrected chi connectivity index (χ4v) is 2.46. The topological polar surface area (TPSA) is 47.3 Å². The number of nitrogens with one attached hydrogen (secondary N) is 1. The molecular weight excluding hydrogens is 212 g/mol. The molecule has 0 aromatic heterocycles. The molecule has 2 rings (SSSR count). The molecule has 0 amide bonds. The predicted octanol–water partition coefficient (Wildman–Crippen LogP) is 2.15. The summed E-state index contributed by atoms with van der Waals surface area (Å²) in [6.07, 6.45) is 2.07. The first-order valence-corrected chi connectivity index (χ1v) is 6.48. The van der Waals surface area contributed by atoms with E-state index in [9.17, 15) is 0 Å².